The summed E-state index contributed by atoms with van der Waals surface area (Å²) < 4.78 is 1.14. The molecule has 0 atom stereocenters. The molecular formula is C15H26BrIN4OS. The van der Waals surface area contributed by atoms with Crippen molar-refractivity contribution in [3.8, 4) is 0 Å². The molecule has 0 aromatic carbocycles. The van der Waals surface area contributed by atoms with E-state index in [0.29, 0.717) is 5.96 Å². The predicted molar refractivity (Wildman–Crippen MR) is 113 cm³/mol. The maximum Gasteiger partial charge on any atom is 0.242 e. The van der Waals surface area contributed by atoms with E-state index in [9.17, 15) is 4.79 Å². The van der Waals surface area contributed by atoms with Gasteiger partial charge in [-0.3, -0.25) is 4.79 Å². The number of aliphatic imine (C=N–C) groups is 1. The quantitative estimate of drug-likeness (QED) is 0.309. The van der Waals surface area contributed by atoms with Crippen LogP contribution >= 0.6 is 51.2 Å². The van der Waals surface area contributed by atoms with Crippen LogP contribution in [-0.4, -0.2) is 37.0 Å². The van der Waals surface area contributed by atoms with E-state index < -0.39 is 0 Å². The third-order valence-corrected chi connectivity index (χ3v) is 4.22. The smallest absolute Gasteiger partial charge is 0.242 e. The van der Waals surface area contributed by atoms with Crippen molar-refractivity contribution >= 4 is 63.1 Å². The van der Waals surface area contributed by atoms with E-state index in [2.05, 4.69) is 49.0 Å². The molecule has 1 amide bonds. The van der Waals surface area contributed by atoms with Crippen LogP contribution in [0.15, 0.2) is 20.9 Å². The first-order valence-electron chi connectivity index (χ1n) is 7.37. The van der Waals surface area contributed by atoms with Gasteiger partial charge in [0.1, 0.15) is 6.54 Å². The van der Waals surface area contributed by atoms with Crippen LogP contribution in [0.2, 0.25) is 0 Å². The number of guanidine groups is 1. The van der Waals surface area contributed by atoms with Gasteiger partial charge in [0.15, 0.2) is 5.96 Å². The molecule has 0 saturated heterocycles. The van der Waals surface area contributed by atoms with E-state index in [1.54, 1.807) is 11.3 Å². The maximum absolute atomic E-state index is 11.8. The summed E-state index contributed by atoms with van der Waals surface area (Å²) in [5.41, 5.74) is -0.231. The van der Waals surface area contributed by atoms with E-state index in [0.717, 1.165) is 23.3 Å². The molecule has 0 unspecified atom stereocenters. The van der Waals surface area contributed by atoms with Crippen molar-refractivity contribution in [3.05, 3.63) is 20.8 Å². The molecule has 0 fully saturated rings. The average Bonchev–Trinajstić information content (AvgIpc) is 2.80. The highest BCUT2D eigenvalue weighted by Gasteiger charge is 2.13. The summed E-state index contributed by atoms with van der Waals surface area (Å²) in [5.74, 6) is 0.592. The molecule has 1 rings (SSSR count). The predicted octanol–water partition coefficient (Wildman–Crippen LogP) is 3.14. The molecule has 1 heterocycles. The normalized spacial score (nSPS) is 11.6. The molecule has 0 spiro atoms. The highest BCUT2D eigenvalue weighted by atomic mass is 127. The Morgan fingerprint density at radius 1 is 1.30 bits per heavy atom. The van der Waals surface area contributed by atoms with E-state index in [1.165, 1.54) is 4.88 Å². The lowest BCUT2D eigenvalue weighted by Crippen LogP contribution is -2.43. The Hall–Kier alpha value is -0.350. The van der Waals surface area contributed by atoms with Gasteiger partial charge in [-0.1, -0.05) is 0 Å². The summed E-state index contributed by atoms with van der Waals surface area (Å²) in [6.07, 6.45) is 0.925. The highest BCUT2D eigenvalue weighted by molar-refractivity contribution is 14.0. The van der Waals surface area contributed by atoms with E-state index in [4.69, 9.17) is 0 Å². The summed E-state index contributed by atoms with van der Waals surface area (Å²) in [6.45, 7) is 9.53. The Morgan fingerprint density at radius 3 is 2.52 bits per heavy atom. The topological polar surface area (TPSA) is 65.5 Å². The first-order valence-corrected chi connectivity index (χ1v) is 8.98. The van der Waals surface area contributed by atoms with Crippen molar-refractivity contribution in [2.75, 3.05) is 19.6 Å². The molecule has 3 N–H and O–H groups in total. The van der Waals surface area contributed by atoms with Crippen LogP contribution < -0.4 is 16.0 Å². The van der Waals surface area contributed by atoms with E-state index in [-0.39, 0.29) is 42.0 Å². The zero-order valence-electron chi connectivity index (χ0n) is 14.0. The summed E-state index contributed by atoms with van der Waals surface area (Å²) in [7, 11) is 0. The van der Waals surface area contributed by atoms with Crippen LogP contribution in [0, 0.1) is 0 Å². The van der Waals surface area contributed by atoms with Crippen LogP contribution in [0.3, 0.4) is 0 Å². The van der Waals surface area contributed by atoms with Gasteiger partial charge in [-0.2, -0.15) is 0 Å². The number of nitrogens with zero attached hydrogens (tertiary/aromatic N) is 1. The molecule has 0 aliphatic carbocycles. The second kappa shape index (κ2) is 11.2. The number of hydrogen-bond acceptors (Lipinski definition) is 3. The molecule has 1 aromatic heterocycles. The van der Waals surface area contributed by atoms with Gasteiger partial charge in [0.05, 0.1) is 3.79 Å². The van der Waals surface area contributed by atoms with Crippen molar-refractivity contribution in [2.24, 2.45) is 4.99 Å². The van der Waals surface area contributed by atoms with Gasteiger partial charge in [0.25, 0.3) is 0 Å². The molecule has 8 heteroatoms. The number of carbonyl (C=O) groups is 1. The second-order valence-electron chi connectivity index (χ2n) is 5.88. The fourth-order valence-electron chi connectivity index (χ4n) is 1.74. The fraction of sp³-hybridized carbons (Fsp3) is 0.600. The number of halogens is 2. The minimum atomic E-state index is -0.231. The third-order valence-electron chi connectivity index (χ3n) is 2.53. The van der Waals surface area contributed by atoms with E-state index >= 15 is 0 Å². The standard InChI is InChI=1S/C15H25BrN4OS.HI/c1-5-17-14(19-10-13(21)20-15(2,3)4)18-9-8-11-6-7-12(16)22-11;/h6-7H,5,8-10H2,1-4H3,(H,20,21)(H2,17,18,19);1H. The number of amides is 1. The molecule has 132 valence electrons. The molecule has 0 aliphatic rings. The molecule has 0 bridgehead atoms. The van der Waals surface area contributed by atoms with Crippen LogP contribution in [0.1, 0.15) is 32.6 Å². The van der Waals surface area contributed by atoms with Gasteiger partial charge in [0.2, 0.25) is 5.91 Å². The van der Waals surface area contributed by atoms with Gasteiger partial charge >= 0.3 is 0 Å². The molecular weight excluding hydrogens is 491 g/mol. The Kier molecular flexibility index (Phi) is 11.1. The Bertz CT molecular complexity index is 514. The van der Waals surface area contributed by atoms with Crippen molar-refractivity contribution in [1.82, 2.24) is 16.0 Å². The summed E-state index contributed by atoms with van der Waals surface area (Å²) in [4.78, 5) is 17.4. The number of carbonyl (C=O) groups excluding carboxylic acids is 1. The summed E-state index contributed by atoms with van der Waals surface area (Å²) >= 11 is 5.19. The van der Waals surface area contributed by atoms with Crippen molar-refractivity contribution in [3.63, 3.8) is 0 Å². The largest absolute Gasteiger partial charge is 0.357 e. The average molecular weight is 517 g/mol. The van der Waals surface area contributed by atoms with Crippen LogP contribution in [-0.2, 0) is 11.2 Å². The zero-order chi connectivity index (χ0) is 16.6. The molecule has 5 nitrogen and oxygen atoms in total. The lowest BCUT2D eigenvalue weighted by molar-refractivity contribution is -0.121. The number of nitrogens with one attached hydrogen (secondary N) is 3. The van der Waals surface area contributed by atoms with Gasteiger partial charge in [-0.05, 0) is 62.2 Å². The molecule has 0 saturated carbocycles. The fourth-order valence-corrected chi connectivity index (χ4v) is 3.22. The van der Waals surface area contributed by atoms with Crippen LogP contribution in [0.25, 0.3) is 0 Å². The Morgan fingerprint density at radius 2 is 2.00 bits per heavy atom. The number of thiophene rings is 1. The van der Waals surface area contributed by atoms with Crippen LogP contribution in [0.4, 0.5) is 0 Å². The lowest BCUT2D eigenvalue weighted by Gasteiger charge is -2.20. The van der Waals surface area contributed by atoms with Gasteiger partial charge in [-0.25, -0.2) is 4.99 Å². The minimum absolute atomic E-state index is 0. The number of rotatable bonds is 6. The second-order valence-corrected chi connectivity index (χ2v) is 8.42. The van der Waals surface area contributed by atoms with Gasteiger partial charge < -0.3 is 16.0 Å². The lowest BCUT2D eigenvalue weighted by atomic mass is 10.1. The first-order chi connectivity index (χ1) is 10.3. The Balaban J connectivity index is 0.00000484. The van der Waals surface area contributed by atoms with Crippen molar-refractivity contribution in [1.29, 1.82) is 0 Å². The summed E-state index contributed by atoms with van der Waals surface area (Å²) in [6, 6.07) is 4.16. The Labute approximate surface area is 168 Å². The SMILES string of the molecule is CCNC(=NCC(=O)NC(C)(C)C)NCCc1ccc(Br)s1.I. The van der Waals surface area contributed by atoms with Crippen molar-refractivity contribution in [2.45, 2.75) is 39.7 Å². The van der Waals surface area contributed by atoms with Gasteiger partial charge in [0, 0.05) is 23.5 Å². The molecule has 23 heavy (non-hydrogen) atoms. The first kappa shape index (κ1) is 22.6. The molecule has 0 radical (unpaired) electrons. The zero-order valence-corrected chi connectivity index (χ0v) is 18.8. The summed E-state index contributed by atoms with van der Waals surface area (Å²) in [5, 5.41) is 9.29. The minimum Gasteiger partial charge on any atom is -0.357 e. The van der Waals surface area contributed by atoms with Gasteiger partial charge in [-0.15, -0.1) is 35.3 Å². The van der Waals surface area contributed by atoms with Crippen molar-refractivity contribution < 1.29 is 4.79 Å². The number of hydrogen-bond donors (Lipinski definition) is 3. The highest BCUT2D eigenvalue weighted by Crippen LogP contribution is 2.21. The third kappa shape index (κ3) is 10.9. The van der Waals surface area contributed by atoms with Crippen LogP contribution in [0.5, 0.6) is 0 Å². The van der Waals surface area contributed by atoms with E-state index in [1.807, 2.05) is 27.7 Å². The molecule has 1 aromatic rings. The monoisotopic (exact) mass is 516 g/mol. The molecule has 0 aliphatic heterocycles. The maximum atomic E-state index is 11.8.